The lowest BCUT2D eigenvalue weighted by atomic mass is 10.1. The fourth-order valence-electron chi connectivity index (χ4n) is 2.22. The fourth-order valence-corrected chi connectivity index (χ4v) is 2.22. The van der Waals surface area contributed by atoms with E-state index in [4.69, 9.17) is 10.5 Å². The average Bonchev–Trinajstić information content (AvgIpc) is 2.82. The van der Waals surface area contributed by atoms with Gasteiger partial charge in [0.05, 0.1) is 11.7 Å². The predicted molar refractivity (Wildman–Crippen MR) is 79.8 cm³/mol. The lowest BCUT2D eigenvalue weighted by molar-refractivity contribution is 0.442. The van der Waals surface area contributed by atoms with Gasteiger partial charge in [-0.25, -0.2) is 4.39 Å². The van der Waals surface area contributed by atoms with Gasteiger partial charge in [-0.05, 0) is 42.8 Å². The molecule has 0 fully saturated rings. The Morgan fingerprint density at radius 2 is 2.05 bits per heavy atom. The molecule has 0 spiro atoms. The van der Waals surface area contributed by atoms with E-state index in [1.54, 1.807) is 29.1 Å². The highest BCUT2D eigenvalue weighted by molar-refractivity contribution is 5.80. The number of halogens is 1. The smallest absolute Gasteiger partial charge is 0.166 e. The molecule has 0 aliphatic carbocycles. The van der Waals surface area contributed by atoms with E-state index < -0.39 is 5.82 Å². The maximum absolute atomic E-state index is 14.0. The number of aryl methyl sites for hydroxylation is 1. The van der Waals surface area contributed by atoms with Crippen molar-refractivity contribution in [2.45, 2.75) is 13.0 Å². The molecule has 5 heteroatoms. The Morgan fingerprint density at radius 3 is 2.76 bits per heavy atom. The van der Waals surface area contributed by atoms with Gasteiger partial charge in [-0.1, -0.05) is 6.07 Å². The summed E-state index contributed by atoms with van der Waals surface area (Å²) in [5, 5.41) is 5.11. The van der Waals surface area contributed by atoms with Crippen LogP contribution < -0.4 is 10.5 Å². The molecule has 0 radical (unpaired) electrons. The quantitative estimate of drug-likeness (QED) is 0.801. The van der Waals surface area contributed by atoms with Gasteiger partial charge in [-0.3, -0.25) is 4.68 Å². The second kappa shape index (κ2) is 5.18. The van der Waals surface area contributed by atoms with Crippen LogP contribution in [-0.2, 0) is 7.05 Å². The van der Waals surface area contributed by atoms with Crippen molar-refractivity contribution in [1.29, 1.82) is 0 Å². The summed E-state index contributed by atoms with van der Waals surface area (Å²) in [6.45, 7) is 1.81. The highest BCUT2D eigenvalue weighted by Gasteiger charge is 2.09. The highest BCUT2D eigenvalue weighted by Crippen LogP contribution is 2.28. The molecule has 3 aromatic rings. The van der Waals surface area contributed by atoms with Crippen molar-refractivity contribution in [1.82, 2.24) is 9.78 Å². The van der Waals surface area contributed by atoms with Crippen molar-refractivity contribution >= 4 is 10.9 Å². The normalized spacial score (nSPS) is 12.6. The van der Waals surface area contributed by atoms with Crippen LogP contribution in [0, 0.1) is 5.82 Å². The molecule has 3 rings (SSSR count). The molecule has 1 unspecified atom stereocenters. The topological polar surface area (TPSA) is 53.1 Å². The fraction of sp³-hybridized carbons (Fsp3) is 0.188. The van der Waals surface area contributed by atoms with Crippen LogP contribution in [0.3, 0.4) is 0 Å². The summed E-state index contributed by atoms with van der Waals surface area (Å²) in [5.74, 6) is 0.335. The van der Waals surface area contributed by atoms with Gasteiger partial charge in [-0.15, -0.1) is 0 Å². The third-order valence-electron chi connectivity index (χ3n) is 3.43. The van der Waals surface area contributed by atoms with Crippen molar-refractivity contribution in [3.05, 3.63) is 54.0 Å². The second-order valence-electron chi connectivity index (χ2n) is 5.07. The zero-order valence-electron chi connectivity index (χ0n) is 11.9. The molecule has 4 nitrogen and oxygen atoms in total. The summed E-state index contributed by atoms with van der Waals surface area (Å²) in [7, 11) is 1.87. The van der Waals surface area contributed by atoms with E-state index in [0.717, 1.165) is 16.5 Å². The van der Waals surface area contributed by atoms with Crippen LogP contribution in [0.2, 0.25) is 0 Å². The Morgan fingerprint density at radius 1 is 1.24 bits per heavy atom. The molecule has 2 aromatic carbocycles. The summed E-state index contributed by atoms with van der Waals surface area (Å²) in [5.41, 5.74) is 7.47. The van der Waals surface area contributed by atoms with Gasteiger partial charge in [-0.2, -0.15) is 5.10 Å². The lowest BCUT2D eigenvalue weighted by Crippen LogP contribution is -2.05. The first-order valence-corrected chi connectivity index (χ1v) is 6.69. The first kappa shape index (κ1) is 13.6. The van der Waals surface area contributed by atoms with Gasteiger partial charge in [0.25, 0.3) is 0 Å². The summed E-state index contributed by atoms with van der Waals surface area (Å²) in [6, 6.07) is 10.1. The van der Waals surface area contributed by atoms with Crippen LogP contribution in [-0.4, -0.2) is 9.78 Å². The Labute approximate surface area is 121 Å². The number of nitrogens with two attached hydrogens (primary N) is 1. The number of aromatic nitrogens is 2. The molecule has 108 valence electrons. The van der Waals surface area contributed by atoms with Crippen LogP contribution in [0.15, 0.2) is 42.6 Å². The minimum absolute atomic E-state index is 0.183. The van der Waals surface area contributed by atoms with Crippen LogP contribution >= 0.6 is 0 Å². The van der Waals surface area contributed by atoms with E-state index in [9.17, 15) is 4.39 Å². The number of rotatable bonds is 3. The van der Waals surface area contributed by atoms with E-state index in [1.165, 1.54) is 6.07 Å². The van der Waals surface area contributed by atoms with Crippen LogP contribution in [0.4, 0.5) is 4.39 Å². The molecular formula is C16H16FN3O. The third kappa shape index (κ3) is 2.60. The van der Waals surface area contributed by atoms with E-state index in [2.05, 4.69) is 5.10 Å². The number of fused-ring (bicyclic) bond motifs is 1. The maximum atomic E-state index is 14.0. The zero-order valence-corrected chi connectivity index (χ0v) is 11.9. The summed E-state index contributed by atoms with van der Waals surface area (Å²) in [6.07, 6.45) is 1.75. The Kier molecular flexibility index (Phi) is 3.35. The molecule has 2 N–H and O–H groups in total. The van der Waals surface area contributed by atoms with E-state index in [1.807, 2.05) is 26.1 Å². The number of ether oxygens (including phenoxy) is 1. The van der Waals surface area contributed by atoms with Crippen LogP contribution in [0.5, 0.6) is 11.5 Å². The van der Waals surface area contributed by atoms with Crippen LogP contribution in [0.1, 0.15) is 18.5 Å². The average molecular weight is 285 g/mol. The number of hydrogen-bond donors (Lipinski definition) is 1. The SMILES string of the molecule is CC(N)c1ccc(Oc2ccc3c(cnn3C)c2)c(F)c1. The molecule has 0 aliphatic rings. The van der Waals surface area contributed by atoms with Gasteiger partial charge in [0, 0.05) is 18.5 Å². The molecule has 1 atom stereocenters. The Balaban J connectivity index is 1.91. The first-order chi connectivity index (χ1) is 10.0. The molecule has 0 saturated heterocycles. The van der Waals surface area contributed by atoms with Crippen molar-refractivity contribution < 1.29 is 9.13 Å². The molecule has 0 saturated carbocycles. The first-order valence-electron chi connectivity index (χ1n) is 6.69. The summed E-state index contributed by atoms with van der Waals surface area (Å²) >= 11 is 0. The van der Waals surface area contributed by atoms with E-state index >= 15 is 0 Å². The summed E-state index contributed by atoms with van der Waals surface area (Å²) < 4.78 is 21.4. The molecule has 21 heavy (non-hydrogen) atoms. The third-order valence-corrected chi connectivity index (χ3v) is 3.43. The minimum atomic E-state index is -0.420. The highest BCUT2D eigenvalue weighted by atomic mass is 19.1. The van der Waals surface area contributed by atoms with Gasteiger partial charge < -0.3 is 10.5 Å². The molecule has 1 aromatic heterocycles. The largest absolute Gasteiger partial charge is 0.454 e. The van der Waals surface area contributed by atoms with E-state index in [-0.39, 0.29) is 11.8 Å². The standard InChI is InChI=1S/C16H16FN3O/c1-10(18)11-3-6-16(14(17)8-11)21-13-4-5-15-12(7-13)9-19-20(15)2/h3-10H,18H2,1-2H3. The second-order valence-corrected chi connectivity index (χ2v) is 5.07. The van der Waals surface area contributed by atoms with Crippen molar-refractivity contribution in [2.24, 2.45) is 12.8 Å². The minimum Gasteiger partial charge on any atom is -0.454 e. The Hall–Kier alpha value is -2.40. The van der Waals surface area contributed by atoms with Gasteiger partial charge in [0.1, 0.15) is 5.75 Å². The lowest BCUT2D eigenvalue weighted by Gasteiger charge is -2.10. The van der Waals surface area contributed by atoms with E-state index in [0.29, 0.717) is 5.75 Å². The molecule has 0 amide bonds. The zero-order chi connectivity index (χ0) is 15.0. The molecular weight excluding hydrogens is 269 g/mol. The Bertz CT molecular complexity index is 795. The summed E-state index contributed by atoms with van der Waals surface area (Å²) in [4.78, 5) is 0. The number of nitrogens with zero attached hydrogens (tertiary/aromatic N) is 2. The maximum Gasteiger partial charge on any atom is 0.166 e. The van der Waals surface area contributed by atoms with Crippen molar-refractivity contribution in [3.63, 3.8) is 0 Å². The molecule has 0 bridgehead atoms. The van der Waals surface area contributed by atoms with Gasteiger partial charge in [0.2, 0.25) is 0 Å². The number of benzene rings is 2. The van der Waals surface area contributed by atoms with Crippen LogP contribution in [0.25, 0.3) is 10.9 Å². The molecule has 0 aliphatic heterocycles. The number of hydrogen-bond acceptors (Lipinski definition) is 3. The monoisotopic (exact) mass is 285 g/mol. The van der Waals surface area contributed by atoms with Gasteiger partial charge in [0.15, 0.2) is 11.6 Å². The van der Waals surface area contributed by atoms with Crippen molar-refractivity contribution in [2.75, 3.05) is 0 Å². The molecule has 1 heterocycles. The van der Waals surface area contributed by atoms with Gasteiger partial charge >= 0.3 is 0 Å². The predicted octanol–water partition coefficient (Wildman–Crippen LogP) is 3.52. The van der Waals surface area contributed by atoms with Crippen molar-refractivity contribution in [3.8, 4) is 11.5 Å².